The first kappa shape index (κ1) is 13.5. The van der Waals surface area contributed by atoms with Crippen molar-refractivity contribution in [2.75, 3.05) is 13.7 Å². The molecule has 1 heterocycles. The quantitative estimate of drug-likeness (QED) is 0.888. The van der Waals surface area contributed by atoms with E-state index in [-0.39, 0.29) is 17.5 Å². The van der Waals surface area contributed by atoms with Gasteiger partial charge in [0.1, 0.15) is 5.82 Å². The molecule has 0 amide bonds. The van der Waals surface area contributed by atoms with E-state index in [0.717, 1.165) is 31.4 Å². The van der Waals surface area contributed by atoms with Gasteiger partial charge in [-0.3, -0.25) is 0 Å². The second kappa shape index (κ2) is 5.81. The fourth-order valence-electron chi connectivity index (χ4n) is 2.75. The van der Waals surface area contributed by atoms with Crippen LogP contribution in [-0.4, -0.2) is 25.3 Å². The summed E-state index contributed by atoms with van der Waals surface area (Å²) in [5, 5.41) is 3.33. The van der Waals surface area contributed by atoms with Gasteiger partial charge >= 0.3 is 0 Å². The summed E-state index contributed by atoms with van der Waals surface area (Å²) in [4.78, 5) is 0. The third kappa shape index (κ3) is 3.09. The van der Waals surface area contributed by atoms with Crippen molar-refractivity contribution in [3.05, 3.63) is 35.6 Å². The van der Waals surface area contributed by atoms with Crippen LogP contribution in [0.15, 0.2) is 24.3 Å². The van der Waals surface area contributed by atoms with Crippen LogP contribution < -0.4 is 5.32 Å². The van der Waals surface area contributed by atoms with E-state index < -0.39 is 0 Å². The number of likely N-dealkylation sites (N-methyl/N-ethyl adjacent to an activating group) is 1. The van der Waals surface area contributed by atoms with Crippen LogP contribution in [0.1, 0.15) is 31.7 Å². The molecule has 0 aromatic heterocycles. The smallest absolute Gasteiger partial charge is 0.123 e. The molecule has 2 atom stereocenters. The van der Waals surface area contributed by atoms with Crippen LogP contribution in [0.5, 0.6) is 0 Å². The van der Waals surface area contributed by atoms with Gasteiger partial charge in [-0.25, -0.2) is 4.39 Å². The van der Waals surface area contributed by atoms with E-state index in [4.69, 9.17) is 4.74 Å². The molecule has 1 saturated heterocycles. The van der Waals surface area contributed by atoms with Gasteiger partial charge in [0.25, 0.3) is 0 Å². The van der Waals surface area contributed by atoms with Crippen LogP contribution in [0.4, 0.5) is 4.39 Å². The van der Waals surface area contributed by atoms with Crippen LogP contribution in [0.3, 0.4) is 0 Å². The lowest BCUT2D eigenvalue weighted by molar-refractivity contribution is -0.0870. The summed E-state index contributed by atoms with van der Waals surface area (Å²) in [6, 6.07) is 7.05. The van der Waals surface area contributed by atoms with E-state index >= 15 is 0 Å². The van der Waals surface area contributed by atoms with Crippen molar-refractivity contribution >= 4 is 0 Å². The van der Waals surface area contributed by atoms with Gasteiger partial charge in [0, 0.05) is 12.6 Å². The number of halogens is 1. The molecule has 1 aromatic carbocycles. The first-order valence-corrected chi connectivity index (χ1v) is 6.70. The largest absolute Gasteiger partial charge is 0.374 e. The SMILES string of the molecule is CNC(Cc1cccc(F)c1)C1(C)CCCCO1. The number of hydrogen-bond donors (Lipinski definition) is 1. The van der Waals surface area contributed by atoms with Gasteiger partial charge in [0.2, 0.25) is 0 Å². The second-order valence-corrected chi connectivity index (χ2v) is 5.29. The third-order valence-electron chi connectivity index (χ3n) is 3.91. The Morgan fingerprint density at radius 2 is 2.28 bits per heavy atom. The highest BCUT2D eigenvalue weighted by atomic mass is 19.1. The lowest BCUT2D eigenvalue weighted by Crippen LogP contribution is -2.52. The van der Waals surface area contributed by atoms with Gasteiger partial charge in [-0.1, -0.05) is 12.1 Å². The Labute approximate surface area is 109 Å². The maximum absolute atomic E-state index is 13.2. The summed E-state index contributed by atoms with van der Waals surface area (Å²) >= 11 is 0. The number of hydrogen-bond acceptors (Lipinski definition) is 2. The molecular formula is C15H22FNO. The minimum Gasteiger partial charge on any atom is -0.374 e. The van der Waals surface area contributed by atoms with Gasteiger partial charge < -0.3 is 10.1 Å². The minimum atomic E-state index is -0.169. The molecular weight excluding hydrogens is 229 g/mol. The normalized spacial score (nSPS) is 25.9. The van der Waals surface area contributed by atoms with Crippen molar-refractivity contribution in [1.29, 1.82) is 0 Å². The van der Waals surface area contributed by atoms with Gasteiger partial charge in [0.05, 0.1) is 5.60 Å². The molecule has 0 bridgehead atoms. The van der Waals surface area contributed by atoms with E-state index in [2.05, 4.69) is 12.2 Å². The van der Waals surface area contributed by atoms with Crippen LogP contribution in [0, 0.1) is 5.82 Å². The Morgan fingerprint density at radius 1 is 1.44 bits per heavy atom. The maximum atomic E-state index is 13.2. The molecule has 1 fully saturated rings. The van der Waals surface area contributed by atoms with E-state index in [1.807, 2.05) is 13.1 Å². The fraction of sp³-hybridized carbons (Fsp3) is 0.600. The molecule has 3 heteroatoms. The number of ether oxygens (including phenoxy) is 1. The minimum absolute atomic E-state index is 0.140. The first-order valence-electron chi connectivity index (χ1n) is 6.70. The van der Waals surface area contributed by atoms with Crippen molar-refractivity contribution in [2.45, 2.75) is 44.2 Å². The van der Waals surface area contributed by atoms with E-state index in [1.54, 1.807) is 12.1 Å². The summed E-state index contributed by atoms with van der Waals surface area (Å²) in [5.41, 5.74) is 0.879. The van der Waals surface area contributed by atoms with Crippen molar-refractivity contribution < 1.29 is 9.13 Å². The molecule has 1 aromatic rings. The maximum Gasteiger partial charge on any atom is 0.123 e. The van der Waals surface area contributed by atoms with Gasteiger partial charge in [0.15, 0.2) is 0 Å². The lowest BCUT2D eigenvalue weighted by Gasteiger charge is -2.40. The lowest BCUT2D eigenvalue weighted by atomic mass is 9.85. The summed E-state index contributed by atoms with van der Waals surface area (Å²) in [6.45, 7) is 2.99. The van der Waals surface area contributed by atoms with Crippen LogP contribution >= 0.6 is 0 Å². The second-order valence-electron chi connectivity index (χ2n) is 5.29. The van der Waals surface area contributed by atoms with E-state index in [0.29, 0.717) is 0 Å². The standard InChI is InChI=1S/C15H22FNO/c1-15(8-3-4-9-18-15)14(17-2)11-12-6-5-7-13(16)10-12/h5-7,10,14,17H,3-4,8-9,11H2,1-2H3. The zero-order valence-electron chi connectivity index (χ0n) is 11.2. The molecule has 0 spiro atoms. The molecule has 0 saturated carbocycles. The summed E-state index contributed by atoms with van der Waals surface area (Å²) < 4.78 is 19.2. The Balaban J connectivity index is 2.09. The van der Waals surface area contributed by atoms with E-state index in [9.17, 15) is 4.39 Å². The number of nitrogens with one attached hydrogen (secondary N) is 1. The number of benzene rings is 1. The fourth-order valence-corrected chi connectivity index (χ4v) is 2.75. The van der Waals surface area contributed by atoms with Gasteiger partial charge in [-0.15, -0.1) is 0 Å². The van der Waals surface area contributed by atoms with Gasteiger partial charge in [-0.05, 0) is 57.4 Å². The predicted octanol–water partition coefficient (Wildman–Crippen LogP) is 2.92. The molecule has 2 rings (SSSR count). The molecule has 1 aliphatic rings. The molecule has 2 nitrogen and oxygen atoms in total. The third-order valence-corrected chi connectivity index (χ3v) is 3.91. The molecule has 0 aliphatic carbocycles. The Bertz CT molecular complexity index is 388. The molecule has 1 N–H and O–H groups in total. The molecule has 18 heavy (non-hydrogen) atoms. The van der Waals surface area contributed by atoms with Crippen LogP contribution in [0.2, 0.25) is 0 Å². The van der Waals surface area contributed by atoms with Crippen LogP contribution in [0.25, 0.3) is 0 Å². The van der Waals surface area contributed by atoms with E-state index in [1.165, 1.54) is 12.5 Å². The highest BCUT2D eigenvalue weighted by Gasteiger charge is 2.35. The van der Waals surface area contributed by atoms with Crippen molar-refractivity contribution in [2.24, 2.45) is 0 Å². The van der Waals surface area contributed by atoms with Crippen LogP contribution in [-0.2, 0) is 11.2 Å². The number of rotatable bonds is 4. The monoisotopic (exact) mass is 251 g/mol. The summed E-state index contributed by atoms with van der Waals surface area (Å²) in [7, 11) is 1.95. The topological polar surface area (TPSA) is 21.3 Å². The zero-order valence-corrected chi connectivity index (χ0v) is 11.2. The summed E-state index contributed by atoms with van der Waals surface area (Å²) in [6.07, 6.45) is 4.21. The molecule has 0 radical (unpaired) electrons. The van der Waals surface area contributed by atoms with Crippen molar-refractivity contribution in [1.82, 2.24) is 5.32 Å². The highest BCUT2D eigenvalue weighted by molar-refractivity contribution is 5.18. The predicted molar refractivity (Wildman–Crippen MR) is 71.2 cm³/mol. The average molecular weight is 251 g/mol. The highest BCUT2D eigenvalue weighted by Crippen LogP contribution is 2.29. The Hall–Kier alpha value is -0.930. The van der Waals surface area contributed by atoms with Gasteiger partial charge in [-0.2, -0.15) is 0 Å². The zero-order chi connectivity index (χ0) is 13.0. The summed E-state index contributed by atoms with van der Waals surface area (Å²) in [5.74, 6) is -0.169. The van der Waals surface area contributed by atoms with Crippen molar-refractivity contribution in [3.63, 3.8) is 0 Å². The molecule has 1 aliphatic heterocycles. The first-order chi connectivity index (χ1) is 8.64. The van der Waals surface area contributed by atoms with Crippen molar-refractivity contribution in [3.8, 4) is 0 Å². The average Bonchev–Trinajstić information content (AvgIpc) is 2.37. The molecule has 2 unspecified atom stereocenters. The Kier molecular flexibility index (Phi) is 4.36. The molecule has 100 valence electrons. The Morgan fingerprint density at radius 3 is 2.89 bits per heavy atom.